The Labute approximate surface area is 207 Å². The molecule has 0 radical (unpaired) electrons. The van der Waals surface area contributed by atoms with Gasteiger partial charge in [-0.25, -0.2) is 9.79 Å². The Balaban J connectivity index is 0.00000274. The van der Waals surface area contributed by atoms with Gasteiger partial charge in [0, 0.05) is 23.9 Å². The van der Waals surface area contributed by atoms with E-state index in [0.717, 1.165) is 47.1 Å². The summed E-state index contributed by atoms with van der Waals surface area (Å²) < 4.78 is 6.85. The fourth-order valence-corrected chi connectivity index (χ4v) is 5.58. The third-order valence-electron chi connectivity index (χ3n) is 6.08. The number of hydrogen-bond donors (Lipinski definition) is 0. The first kappa shape index (κ1) is 24.0. The van der Waals surface area contributed by atoms with Crippen LogP contribution in [0, 0.1) is 0 Å². The van der Waals surface area contributed by atoms with Crippen LogP contribution < -0.4 is 5.56 Å². The van der Waals surface area contributed by atoms with Gasteiger partial charge in [-0.3, -0.25) is 9.36 Å². The smallest absolute Gasteiger partial charge is 0.350 e. The van der Waals surface area contributed by atoms with Gasteiger partial charge in [-0.15, -0.1) is 23.7 Å². The van der Waals surface area contributed by atoms with Crippen molar-refractivity contribution in [2.75, 3.05) is 20.2 Å². The molecule has 1 aliphatic rings. The Kier molecular flexibility index (Phi) is 7.34. The summed E-state index contributed by atoms with van der Waals surface area (Å²) in [6, 6.07) is 17.4. The Hall–Kier alpha value is -3.16. The highest BCUT2D eigenvalue weighted by molar-refractivity contribution is 7.21. The number of hydrogen-bond acceptors (Lipinski definition) is 5. The number of aliphatic imine (C=N–C) groups is 1. The van der Waals surface area contributed by atoms with E-state index in [1.807, 2.05) is 60.9 Å². The number of pyridine rings is 1. The number of carbonyl (C=O) groups is 1. The highest BCUT2D eigenvalue weighted by Gasteiger charge is 2.24. The minimum absolute atomic E-state index is 0. The zero-order valence-electron chi connectivity index (χ0n) is 18.9. The molecular weight excluding hydrogens is 470 g/mol. The molecule has 0 bridgehead atoms. The number of methoxy groups -OCH3 is 1. The number of benzene rings is 2. The molecule has 176 valence electrons. The van der Waals surface area contributed by atoms with Crippen LogP contribution in [0.3, 0.4) is 0 Å². The van der Waals surface area contributed by atoms with E-state index in [-0.39, 0.29) is 18.0 Å². The molecule has 0 aliphatic carbocycles. The largest absolute Gasteiger partial charge is 0.465 e. The van der Waals surface area contributed by atoms with Gasteiger partial charge >= 0.3 is 5.97 Å². The second-order valence-corrected chi connectivity index (χ2v) is 9.21. The number of carbonyl (C=O) groups excluding carboxylic acids is 1. The lowest BCUT2D eigenvalue weighted by Gasteiger charge is -2.23. The van der Waals surface area contributed by atoms with Crippen molar-refractivity contribution in [3.63, 3.8) is 0 Å². The van der Waals surface area contributed by atoms with Gasteiger partial charge in [-0.2, -0.15) is 0 Å². The quantitative estimate of drug-likeness (QED) is 0.205. The number of likely N-dealkylation sites (tertiary alicyclic amines) is 1. The minimum atomic E-state index is -0.440. The Morgan fingerprint density at radius 2 is 1.71 bits per heavy atom. The summed E-state index contributed by atoms with van der Waals surface area (Å²) in [6.45, 7) is 2.33. The zero-order valence-corrected chi connectivity index (χ0v) is 20.5. The molecule has 6 nitrogen and oxygen atoms in total. The molecule has 2 aromatic carbocycles. The molecule has 0 spiro atoms. The number of fused-ring (bicyclic) bond motifs is 3. The van der Waals surface area contributed by atoms with Gasteiger partial charge in [0.1, 0.15) is 15.4 Å². The van der Waals surface area contributed by atoms with E-state index >= 15 is 0 Å². The topological polar surface area (TPSA) is 63.9 Å². The molecule has 4 aromatic rings. The summed E-state index contributed by atoms with van der Waals surface area (Å²) in [7, 11) is 1.38. The van der Waals surface area contributed by atoms with Crippen LogP contribution >= 0.6 is 23.7 Å². The van der Waals surface area contributed by atoms with Crippen molar-refractivity contribution in [2.24, 2.45) is 4.99 Å². The number of halogens is 1. The normalized spacial score (nSPS) is 14.0. The standard InChI is InChI=1S/C26H25N3O3S.ClH/c1-32-26(31)23-22(27-17-28-14-8-3-9-15-28)21-19-12-6-7-13-20(19)24(30)29(25(21)33-23)16-18-10-4-2-5-11-18;/h2,4-7,10-13,17H,3,8-9,14-16H2,1H3;1H. The number of thiophene rings is 1. The summed E-state index contributed by atoms with van der Waals surface area (Å²) >= 11 is 1.27. The van der Waals surface area contributed by atoms with Crippen molar-refractivity contribution in [3.8, 4) is 0 Å². The highest BCUT2D eigenvalue weighted by Crippen LogP contribution is 2.41. The number of nitrogens with zero attached hydrogens (tertiary/aromatic N) is 3. The number of piperidine rings is 1. The molecule has 8 heteroatoms. The maximum Gasteiger partial charge on any atom is 0.350 e. The third kappa shape index (κ3) is 4.45. The van der Waals surface area contributed by atoms with Crippen LogP contribution in [-0.4, -0.2) is 42.0 Å². The van der Waals surface area contributed by atoms with Crippen molar-refractivity contribution in [2.45, 2.75) is 25.8 Å². The second kappa shape index (κ2) is 10.4. The lowest BCUT2D eigenvalue weighted by atomic mass is 10.1. The SMILES string of the molecule is COC(=O)c1sc2c(c1N=CN1CCCCC1)c1ccccc1c(=O)n2Cc1ccccc1.Cl. The predicted molar refractivity (Wildman–Crippen MR) is 141 cm³/mol. The number of aromatic nitrogens is 1. The fraction of sp³-hybridized carbons (Fsp3) is 0.269. The van der Waals surface area contributed by atoms with E-state index in [1.54, 1.807) is 4.57 Å². The molecule has 1 saturated heterocycles. The Morgan fingerprint density at radius 1 is 1.03 bits per heavy atom. The molecule has 5 rings (SSSR count). The van der Waals surface area contributed by atoms with E-state index in [1.165, 1.54) is 24.9 Å². The van der Waals surface area contributed by atoms with Crippen LogP contribution in [0.15, 0.2) is 64.4 Å². The van der Waals surface area contributed by atoms with Crippen LogP contribution in [0.25, 0.3) is 21.0 Å². The monoisotopic (exact) mass is 495 g/mol. The van der Waals surface area contributed by atoms with Crippen LogP contribution in [0.4, 0.5) is 5.69 Å². The lowest BCUT2D eigenvalue weighted by Crippen LogP contribution is -2.28. The van der Waals surface area contributed by atoms with Gasteiger partial charge in [0.25, 0.3) is 5.56 Å². The summed E-state index contributed by atoms with van der Waals surface area (Å²) in [5, 5.41) is 2.24. The first-order valence-electron chi connectivity index (χ1n) is 11.2. The molecule has 0 amide bonds. The predicted octanol–water partition coefficient (Wildman–Crippen LogP) is 5.62. The summed E-state index contributed by atoms with van der Waals surface area (Å²) in [6.07, 6.45) is 5.35. The summed E-state index contributed by atoms with van der Waals surface area (Å²) in [5.41, 5.74) is 1.51. The molecule has 34 heavy (non-hydrogen) atoms. The van der Waals surface area contributed by atoms with Gasteiger partial charge in [0.2, 0.25) is 0 Å². The van der Waals surface area contributed by atoms with E-state index < -0.39 is 5.97 Å². The average Bonchev–Trinajstić information content (AvgIpc) is 3.25. The van der Waals surface area contributed by atoms with Gasteiger partial charge in [0.15, 0.2) is 0 Å². The van der Waals surface area contributed by atoms with E-state index in [2.05, 4.69) is 4.90 Å². The van der Waals surface area contributed by atoms with E-state index in [9.17, 15) is 9.59 Å². The molecule has 0 saturated carbocycles. The molecular formula is C26H26ClN3O3S. The molecule has 0 N–H and O–H groups in total. The molecule has 1 fully saturated rings. The van der Waals surface area contributed by atoms with Crippen molar-refractivity contribution in [3.05, 3.63) is 75.4 Å². The number of rotatable bonds is 5. The maximum absolute atomic E-state index is 13.5. The van der Waals surface area contributed by atoms with E-state index in [0.29, 0.717) is 22.5 Å². The van der Waals surface area contributed by atoms with Crippen molar-refractivity contribution < 1.29 is 9.53 Å². The van der Waals surface area contributed by atoms with Crippen LogP contribution in [0.2, 0.25) is 0 Å². The van der Waals surface area contributed by atoms with Crippen LogP contribution in [0.1, 0.15) is 34.5 Å². The molecule has 0 unspecified atom stereocenters. The van der Waals surface area contributed by atoms with Crippen molar-refractivity contribution >= 4 is 62.7 Å². The molecule has 3 heterocycles. The lowest BCUT2D eigenvalue weighted by molar-refractivity contribution is 0.0607. The summed E-state index contributed by atoms with van der Waals surface area (Å²) in [4.78, 5) is 34.4. The highest BCUT2D eigenvalue weighted by atomic mass is 35.5. The van der Waals surface area contributed by atoms with Gasteiger partial charge in [0.05, 0.1) is 20.0 Å². The van der Waals surface area contributed by atoms with Crippen LogP contribution in [-0.2, 0) is 11.3 Å². The molecule has 2 aromatic heterocycles. The van der Waals surface area contributed by atoms with Gasteiger partial charge in [-0.05, 0) is 36.3 Å². The molecule has 1 aliphatic heterocycles. The van der Waals surface area contributed by atoms with Crippen LogP contribution in [0.5, 0.6) is 0 Å². The third-order valence-corrected chi connectivity index (χ3v) is 7.26. The Morgan fingerprint density at radius 3 is 2.41 bits per heavy atom. The van der Waals surface area contributed by atoms with Crippen molar-refractivity contribution in [1.29, 1.82) is 0 Å². The summed E-state index contributed by atoms with van der Waals surface area (Å²) in [5.74, 6) is -0.440. The molecule has 0 atom stereocenters. The fourth-order valence-electron chi connectivity index (χ4n) is 4.41. The number of esters is 1. The number of ether oxygens (including phenoxy) is 1. The first-order chi connectivity index (χ1) is 16.2. The van der Waals surface area contributed by atoms with Crippen molar-refractivity contribution in [1.82, 2.24) is 9.47 Å². The maximum atomic E-state index is 13.5. The van der Waals surface area contributed by atoms with Gasteiger partial charge < -0.3 is 9.64 Å². The minimum Gasteiger partial charge on any atom is -0.465 e. The van der Waals surface area contributed by atoms with Gasteiger partial charge in [-0.1, -0.05) is 48.5 Å². The average molecular weight is 496 g/mol. The zero-order chi connectivity index (χ0) is 22.8. The van der Waals surface area contributed by atoms with E-state index in [4.69, 9.17) is 9.73 Å². The first-order valence-corrected chi connectivity index (χ1v) is 12.0. The second-order valence-electron chi connectivity index (χ2n) is 8.22. The Bertz CT molecular complexity index is 1410.